The number of rotatable bonds is 6. The van der Waals surface area contributed by atoms with Crippen LogP contribution in [0.25, 0.3) is 0 Å². The normalized spacial score (nSPS) is 24.4. The van der Waals surface area contributed by atoms with E-state index in [0.717, 1.165) is 32.1 Å². The lowest BCUT2D eigenvalue weighted by Crippen LogP contribution is -2.46. The number of hydrogen-bond donors (Lipinski definition) is 1. The number of benzene rings is 1. The lowest BCUT2D eigenvalue weighted by Gasteiger charge is -2.30. The molecule has 1 aliphatic heterocycles. The maximum atomic E-state index is 12.8. The third kappa shape index (κ3) is 5.86. The van der Waals surface area contributed by atoms with Crippen molar-refractivity contribution in [3.8, 4) is 0 Å². The van der Waals surface area contributed by atoms with Gasteiger partial charge in [-0.2, -0.15) is 4.31 Å². The molecule has 3 atom stereocenters. The Hall–Kier alpha value is -1.93. The summed E-state index contributed by atoms with van der Waals surface area (Å²) >= 11 is 0. The lowest BCUT2D eigenvalue weighted by molar-refractivity contribution is -0.130. The fourth-order valence-electron chi connectivity index (χ4n) is 4.25. The van der Waals surface area contributed by atoms with Crippen molar-refractivity contribution in [3.63, 3.8) is 0 Å². The number of ether oxygens (including phenoxy) is 1. The third-order valence-corrected chi connectivity index (χ3v) is 8.48. The predicted molar refractivity (Wildman–Crippen MR) is 118 cm³/mol. The Morgan fingerprint density at radius 1 is 1.03 bits per heavy atom. The second kappa shape index (κ2) is 10.1. The average molecular weight is 451 g/mol. The zero-order valence-corrected chi connectivity index (χ0v) is 19.5. The van der Waals surface area contributed by atoms with E-state index in [0.29, 0.717) is 24.9 Å². The summed E-state index contributed by atoms with van der Waals surface area (Å²) in [6.07, 6.45) is 5.09. The van der Waals surface area contributed by atoms with Crippen molar-refractivity contribution in [1.82, 2.24) is 9.62 Å². The number of sulfonamides is 1. The van der Waals surface area contributed by atoms with Crippen molar-refractivity contribution < 1.29 is 22.7 Å². The molecule has 0 spiro atoms. The second-order valence-corrected chi connectivity index (χ2v) is 11.0. The number of nitrogens with zero attached hydrogens (tertiary/aromatic N) is 1. The van der Waals surface area contributed by atoms with E-state index in [4.69, 9.17) is 4.74 Å². The van der Waals surface area contributed by atoms with Crippen LogP contribution in [-0.2, 0) is 19.6 Å². The first-order chi connectivity index (χ1) is 14.7. The molecule has 1 aliphatic carbocycles. The van der Waals surface area contributed by atoms with Crippen LogP contribution in [0.1, 0.15) is 69.7 Å². The van der Waals surface area contributed by atoms with Gasteiger partial charge in [-0.15, -0.1) is 0 Å². The molecule has 1 saturated heterocycles. The summed E-state index contributed by atoms with van der Waals surface area (Å²) in [7, 11) is -3.57. The molecule has 1 heterocycles. The monoisotopic (exact) mass is 450 g/mol. The summed E-state index contributed by atoms with van der Waals surface area (Å²) in [4.78, 5) is 25.0. The number of piperidine rings is 1. The van der Waals surface area contributed by atoms with Gasteiger partial charge in [-0.05, 0) is 68.7 Å². The highest BCUT2D eigenvalue weighted by Gasteiger charge is 2.29. The van der Waals surface area contributed by atoms with Crippen LogP contribution in [0, 0.1) is 11.8 Å². The number of carbonyl (C=O) groups is 2. The van der Waals surface area contributed by atoms with Crippen LogP contribution in [0.5, 0.6) is 0 Å². The number of nitrogens with one attached hydrogen (secondary N) is 1. The van der Waals surface area contributed by atoms with Gasteiger partial charge < -0.3 is 10.1 Å². The van der Waals surface area contributed by atoms with Crippen molar-refractivity contribution in [2.24, 2.45) is 11.8 Å². The van der Waals surface area contributed by atoms with Gasteiger partial charge in [0.15, 0.2) is 6.10 Å². The lowest BCUT2D eigenvalue weighted by atomic mass is 9.86. The van der Waals surface area contributed by atoms with E-state index in [9.17, 15) is 18.0 Å². The van der Waals surface area contributed by atoms with Gasteiger partial charge in [-0.25, -0.2) is 13.2 Å². The first kappa shape index (κ1) is 23.7. The highest BCUT2D eigenvalue weighted by Crippen LogP contribution is 2.25. The van der Waals surface area contributed by atoms with Gasteiger partial charge in [0.05, 0.1) is 10.5 Å². The minimum Gasteiger partial charge on any atom is -0.449 e. The maximum Gasteiger partial charge on any atom is 0.338 e. The second-order valence-electron chi connectivity index (χ2n) is 9.04. The van der Waals surface area contributed by atoms with Crippen molar-refractivity contribution in [1.29, 1.82) is 0 Å². The van der Waals surface area contributed by atoms with E-state index in [-0.39, 0.29) is 22.4 Å². The van der Waals surface area contributed by atoms with Crippen molar-refractivity contribution in [2.45, 2.75) is 76.3 Å². The summed E-state index contributed by atoms with van der Waals surface area (Å²) in [6.45, 7) is 6.83. The summed E-state index contributed by atoms with van der Waals surface area (Å²) in [5.41, 5.74) is 0.219. The van der Waals surface area contributed by atoms with Crippen molar-refractivity contribution in [3.05, 3.63) is 29.8 Å². The first-order valence-corrected chi connectivity index (χ1v) is 12.7. The van der Waals surface area contributed by atoms with Crippen LogP contribution < -0.4 is 5.32 Å². The van der Waals surface area contributed by atoms with E-state index in [1.807, 2.05) is 0 Å². The van der Waals surface area contributed by atoms with Gasteiger partial charge in [0, 0.05) is 19.1 Å². The largest absolute Gasteiger partial charge is 0.449 e. The van der Waals surface area contributed by atoms with Gasteiger partial charge in [0.2, 0.25) is 10.0 Å². The van der Waals surface area contributed by atoms with Crippen LogP contribution in [0.3, 0.4) is 0 Å². The Balaban J connectivity index is 1.57. The molecule has 0 bridgehead atoms. The van der Waals surface area contributed by atoms with E-state index < -0.39 is 22.1 Å². The summed E-state index contributed by atoms with van der Waals surface area (Å²) in [5.74, 6) is 0.00281. The SMILES string of the molecule is CC1CCN(S(=O)(=O)c2ccc(C(=O)O[C@@H](C)C(=O)N[C@H]3CCCC[C@@H]3C)cc2)CC1. The predicted octanol–water partition coefficient (Wildman–Crippen LogP) is 3.35. The van der Waals surface area contributed by atoms with Gasteiger partial charge in [-0.1, -0.05) is 26.7 Å². The third-order valence-electron chi connectivity index (χ3n) is 6.56. The zero-order valence-electron chi connectivity index (χ0n) is 18.7. The standard InChI is InChI=1S/C23H34N2O5S/c1-16-12-14-25(15-13-16)31(28,29)20-10-8-19(9-11-20)23(27)30-18(3)22(26)24-21-7-5-4-6-17(21)2/h8-11,16-18,21H,4-7,12-15H2,1-3H3,(H,24,26)/t17-,18-,21-/m0/s1. The first-order valence-electron chi connectivity index (χ1n) is 11.3. The molecule has 1 aromatic carbocycles. The topological polar surface area (TPSA) is 92.8 Å². The molecule has 1 N–H and O–H groups in total. The Morgan fingerprint density at radius 3 is 2.26 bits per heavy atom. The molecular weight excluding hydrogens is 416 g/mol. The van der Waals surface area contributed by atoms with E-state index in [1.54, 1.807) is 6.92 Å². The summed E-state index contributed by atoms with van der Waals surface area (Å²) in [5, 5.41) is 2.99. The molecule has 1 aromatic rings. The Bertz CT molecular complexity index is 876. The van der Waals surface area contributed by atoms with Gasteiger partial charge in [0.25, 0.3) is 5.91 Å². The number of esters is 1. The molecule has 1 amide bonds. The minimum absolute atomic E-state index is 0.115. The summed E-state index contributed by atoms with van der Waals surface area (Å²) < 4.78 is 32.4. The van der Waals surface area contributed by atoms with Crippen LogP contribution in [0.4, 0.5) is 0 Å². The molecule has 172 valence electrons. The highest BCUT2D eigenvalue weighted by molar-refractivity contribution is 7.89. The minimum atomic E-state index is -3.57. The van der Waals surface area contributed by atoms with Crippen molar-refractivity contribution in [2.75, 3.05) is 13.1 Å². The quantitative estimate of drug-likeness (QED) is 0.671. The zero-order chi connectivity index (χ0) is 22.6. The number of amides is 1. The Morgan fingerprint density at radius 2 is 1.65 bits per heavy atom. The van der Waals surface area contributed by atoms with Crippen LogP contribution >= 0.6 is 0 Å². The highest BCUT2D eigenvalue weighted by atomic mass is 32.2. The fourth-order valence-corrected chi connectivity index (χ4v) is 5.72. The Labute approximate surface area is 185 Å². The van der Waals surface area contributed by atoms with E-state index >= 15 is 0 Å². The number of hydrogen-bond acceptors (Lipinski definition) is 5. The van der Waals surface area contributed by atoms with E-state index in [1.165, 1.54) is 35.0 Å². The average Bonchev–Trinajstić information content (AvgIpc) is 2.75. The van der Waals surface area contributed by atoms with Crippen LogP contribution in [-0.4, -0.2) is 49.8 Å². The Kier molecular flexibility index (Phi) is 7.75. The molecule has 1 saturated carbocycles. The number of carbonyl (C=O) groups excluding carboxylic acids is 2. The molecule has 2 aliphatic rings. The van der Waals surface area contributed by atoms with Gasteiger partial charge in [0.1, 0.15) is 0 Å². The van der Waals surface area contributed by atoms with E-state index in [2.05, 4.69) is 19.2 Å². The molecular formula is C23H34N2O5S. The molecule has 0 aromatic heterocycles. The van der Waals surface area contributed by atoms with Crippen LogP contribution in [0.2, 0.25) is 0 Å². The molecule has 7 nitrogen and oxygen atoms in total. The smallest absolute Gasteiger partial charge is 0.338 e. The molecule has 2 fully saturated rings. The molecule has 0 radical (unpaired) electrons. The van der Waals surface area contributed by atoms with Crippen LogP contribution in [0.15, 0.2) is 29.2 Å². The van der Waals surface area contributed by atoms with Crippen molar-refractivity contribution >= 4 is 21.9 Å². The maximum absolute atomic E-state index is 12.8. The molecule has 0 unspecified atom stereocenters. The molecule has 31 heavy (non-hydrogen) atoms. The fraction of sp³-hybridized carbons (Fsp3) is 0.652. The van der Waals surface area contributed by atoms with Gasteiger partial charge >= 0.3 is 5.97 Å². The summed E-state index contributed by atoms with van der Waals surface area (Å²) in [6, 6.07) is 5.85. The van der Waals surface area contributed by atoms with Gasteiger partial charge in [-0.3, -0.25) is 4.79 Å². The molecule has 8 heteroatoms. The molecule has 3 rings (SSSR count).